The van der Waals surface area contributed by atoms with Crippen molar-refractivity contribution in [1.29, 1.82) is 0 Å². The summed E-state index contributed by atoms with van der Waals surface area (Å²) in [4.78, 5) is 11.9. The number of fused-ring (bicyclic) bond motifs is 1. The van der Waals surface area contributed by atoms with Gasteiger partial charge in [-0.25, -0.2) is 17.9 Å². The highest BCUT2D eigenvalue weighted by Crippen LogP contribution is 2.28. The Labute approximate surface area is 129 Å². The number of nitrogens with one attached hydrogen (secondary N) is 1. The Morgan fingerprint density at radius 2 is 1.86 bits per heavy atom. The van der Waals surface area contributed by atoms with Gasteiger partial charge in [0.15, 0.2) is 0 Å². The molecule has 7 heteroatoms. The van der Waals surface area contributed by atoms with Crippen LogP contribution >= 0.6 is 0 Å². The van der Waals surface area contributed by atoms with Crippen molar-refractivity contribution < 1.29 is 22.7 Å². The highest BCUT2D eigenvalue weighted by atomic mass is 32.2. The van der Waals surface area contributed by atoms with Gasteiger partial charge >= 0.3 is 5.97 Å². The largest absolute Gasteiger partial charge is 0.496 e. The summed E-state index contributed by atoms with van der Waals surface area (Å²) in [5, 5.41) is 1.38. The van der Waals surface area contributed by atoms with Crippen LogP contribution in [0.25, 0.3) is 10.8 Å². The highest BCUT2D eigenvalue weighted by Gasteiger charge is 2.17. The molecule has 0 radical (unpaired) electrons. The summed E-state index contributed by atoms with van der Waals surface area (Å²) < 4.78 is 36.4. The smallest absolute Gasteiger partial charge is 0.341 e. The van der Waals surface area contributed by atoms with E-state index < -0.39 is 16.0 Å². The molecule has 118 valence electrons. The van der Waals surface area contributed by atoms with Gasteiger partial charge in [-0.3, -0.25) is 0 Å². The predicted molar refractivity (Wildman–Crippen MR) is 82.7 cm³/mol. The van der Waals surface area contributed by atoms with E-state index in [1.807, 2.05) is 0 Å². The van der Waals surface area contributed by atoms with E-state index in [0.29, 0.717) is 17.7 Å². The lowest BCUT2D eigenvalue weighted by Gasteiger charge is -2.10. The summed E-state index contributed by atoms with van der Waals surface area (Å²) in [6.07, 6.45) is 0. The van der Waals surface area contributed by atoms with Gasteiger partial charge in [0, 0.05) is 6.54 Å². The van der Waals surface area contributed by atoms with E-state index in [9.17, 15) is 13.2 Å². The Balaban J connectivity index is 2.64. The van der Waals surface area contributed by atoms with Crippen LogP contribution in [0.3, 0.4) is 0 Å². The first-order chi connectivity index (χ1) is 10.4. The fraction of sp³-hybridized carbons (Fsp3) is 0.267. The predicted octanol–water partition coefficient (Wildman–Crippen LogP) is 1.93. The number of esters is 1. The van der Waals surface area contributed by atoms with E-state index in [1.165, 1.54) is 26.4 Å². The van der Waals surface area contributed by atoms with Crippen molar-refractivity contribution in [1.82, 2.24) is 4.72 Å². The number of carbonyl (C=O) groups is 1. The first-order valence-electron chi connectivity index (χ1n) is 6.62. The van der Waals surface area contributed by atoms with Crippen LogP contribution in [0.2, 0.25) is 0 Å². The zero-order valence-corrected chi connectivity index (χ0v) is 13.4. The van der Waals surface area contributed by atoms with E-state index in [0.717, 1.165) is 5.39 Å². The van der Waals surface area contributed by atoms with E-state index in [1.54, 1.807) is 25.1 Å². The Bertz CT molecular complexity index is 814. The average Bonchev–Trinajstić information content (AvgIpc) is 2.52. The molecule has 6 nitrogen and oxygen atoms in total. The second-order valence-electron chi connectivity index (χ2n) is 4.55. The number of hydrogen-bond donors (Lipinski definition) is 1. The molecule has 0 atom stereocenters. The minimum Gasteiger partial charge on any atom is -0.496 e. The molecule has 0 aliphatic carbocycles. The molecular formula is C15H17NO5S. The fourth-order valence-electron chi connectivity index (χ4n) is 2.13. The van der Waals surface area contributed by atoms with Crippen LogP contribution in [0.1, 0.15) is 17.3 Å². The van der Waals surface area contributed by atoms with Gasteiger partial charge in [0.2, 0.25) is 10.0 Å². The standard InChI is InChI=1S/C15H17NO5S/c1-4-16-22(18,19)12-6-5-10-9-14(20-2)13(15(17)21-3)8-11(10)7-12/h5-9,16H,4H2,1-3H3. The summed E-state index contributed by atoms with van der Waals surface area (Å²) in [7, 11) is -0.822. The lowest BCUT2D eigenvalue weighted by molar-refractivity contribution is 0.0597. The van der Waals surface area contributed by atoms with E-state index in [-0.39, 0.29) is 10.5 Å². The number of carbonyl (C=O) groups excluding carboxylic acids is 1. The molecule has 2 aromatic rings. The molecule has 0 aliphatic heterocycles. The van der Waals surface area contributed by atoms with Crippen LogP contribution in [0.5, 0.6) is 5.75 Å². The molecule has 0 saturated heterocycles. The van der Waals surface area contributed by atoms with Gasteiger partial charge in [0.1, 0.15) is 11.3 Å². The Morgan fingerprint density at radius 3 is 2.45 bits per heavy atom. The molecular weight excluding hydrogens is 306 g/mol. The molecule has 0 spiro atoms. The monoisotopic (exact) mass is 323 g/mol. The minimum atomic E-state index is -3.55. The van der Waals surface area contributed by atoms with Crippen molar-refractivity contribution >= 4 is 26.8 Å². The third kappa shape index (κ3) is 3.05. The first kappa shape index (κ1) is 16.3. The molecule has 1 N–H and O–H groups in total. The van der Waals surface area contributed by atoms with Gasteiger partial charge in [0.05, 0.1) is 19.1 Å². The van der Waals surface area contributed by atoms with Gasteiger partial charge in [-0.05, 0) is 35.0 Å². The number of benzene rings is 2. The van der Waals surface area contributed by atoms with Gasteiger partial charge < -0.3 is 9.47 Å². The topological polar surface area (TPSA) is 81.7 Å². The molecule has 0 amide bonds. The van der Waals surface area contributed by atoms with E-state index in [4.69, 9.17) is 9.47 Å². The van der Waals surface area contributed by atoms with Crippen LogP contribution in [0.15, 0.2) is 35.2 Å². The molecule has 0 bridgehead atoms. The molecule has 0 unspecified atom stereocenters. The van der Waals surface area contributed by atoms with Gasteiger partial charge in [-0.2, -0.15) is 0 Å². The minimum absolute atomic E-state index is 0.142. The van der Waals surface area contributed by atoms with Crippen molar-refractivity contribution in [3.8, 4) is 5.75 Å². The van der Waals surface area contributed by atoms with E-state index in [2.05, 4.69) is 4.72 Å². The first-order valence-corrected chi connectivity index (χ1v) is 8.11. The quantitative estimate of drug-likeness (QED) is 0.850. The Morgan fingerprint density at radius 1 is 1.14 bits per heavy atom. The van der Waals surface area contributed by atoms with Gasteiger partial charge in [-0.15, -0.1) is 0 Å². The maximum atomic E-state index is 12.0. The molecule has 0 aliphatic rings. The number of methoxy groups -OCH3 is 2. The van der Waals surface area contributed by atoms with Gasteiger partial charge in [0.25, 0.3) is 0 Å². The van der Waals surface area contributed by atoms with Crippen LogP contribution < -0.4 is 9.46 Å². The van der Waals surface area contributed by atoms with Crippen molar-refractivity contribution in [3.05, 3.63) is 35.9 Å². The summed E-state index contributed by atoms with van der Waals surface area (Å²) in [6, 6.07) is 7.93. The van der Waals surface area contributed by atoms with Crippen molar-refractivity contribution in [2.45, 2.75) is 11.8 Å². The third-order valence-electron chi connectivity index (χ3n) is 3.18. The summed E-state index contributed by atoms with van der Waals surface area (Å²) in [5.74, 6) is -0.166. The zero-order chi connectivity index (χ0) is 16.3. The van der Waals surface area contributed by atoms with E-state index >= 15 is 0 Å². The van der Waals surface area contributed by atoms with Crippen LogP contribution in [-0.2, 0) is 14.8 Å². The summed E-state index contributed by atoms with van der Waals surface area (Å²) >= 11 is 0. The molecule has 0 aromatic heterocycles. The summed E-state index contributed by atoms with van der Waals surface area (Å²) in [5.41, 5.74) is 0.246. The summed E-state index contributed by atoms with van der Waals surface area (Å²) in [6.45, 7) is 2.01. The lowest BCUT2D eigenvalue weighted by atomic mass is 10.1. The third-order valence-corrected chi connectivity index (χ3v) is 4.72. The van der Waals surface area contributed by atoms with Crippen LogP contribution in [-0.4, -0.2) is 35.2 Å². The number of rotatable bonds is 5. The molecule has 2 rings (SSSR count). The molecule has 0 fully saturated rings. The molecule has 0 saturated carbocycles. The zero-order valence-electron chi connectivity index (χ0n) is 12.5. The van der Waals surface area contributed by atoms with Crippen LogP contribution in [0, 0.1) is 0 Å². The normalized spacial score (nSPS) is 11.4. The van der Waals surface area contributed by atoms with Gasteiger partial charge in [-0.1, -0.05) is 13.0 Å². The second kappa shape index (κ2) is 6.33. The van der Waals surface area contributed by atoms with Crippen molar-refractivity contribution in [2.75, 3.05) is 20.8 Å². The molecule has 0 heterocycles. The Kier molecular flexibility index (Phi) is 4.68. The van der Waals surface area contributed by atoms with Crippen LogP contribution in [0.4, 0.5) is 0 Å². The van der Waals surface area contributed by atoms with Crippen molar-refractivity contribution in [3.63, 3.8) is 0 Å². The molecule has 2 aromatic carbocycles. The van der Waals surface area contributed by atoms with Crippen molar-refractivity contribution in [2.24, 2.45) is 0 Å². The SMILES string of the molecule is CCNS(=O)(=O)c1ccc2cc(OC)c(C(=O)OC)cc2c1. The Hall–Kier alpha value is -2.12. The average molecular weight is 323 g/mol. The maximum absolute atomic E-state index is 12.0. The highest BCUT2D eigenvalue weighted by molar-refractivity contribution is 7.89. The lowest BCUT2D eigenvalue weighted by Crippen LogP contribution is -2.23. The second-order valence-corrected chi connectivity index (χ2v) is 6.32. The maximum Gasteiger partial charge on any atom is 0.341 e. The number of hydrogen-bond acceptors (Lipinski definition) is 5. The number of sulfonamides is 1. The number of ether oxygens (including phenoxy) is 2. The molecule has 22 heavy (non-hydrogen) atoms. The fourth-order valence-corrected chi connectivity index (χ4v) is 3.21.